The minimum Gasteiger partial charge on any atom is -0.361 e. The molecule has 2 amide bonds. The van der Waals surface area contributed by atoms with Gasteiger partial charge in [-0.15, -0.1) is 0 Å². The highest BCUT2D eigenvalue weighted by Gasteiger charge is 2.16. The van der Waals surface area contributed by atoms with E-state index in [1.54, 1.807) is 4.90 Å². The Hall–Kier alpha value is -2.27. The van der Waals surface area contributed by atoms with Crippen LogP contribution in [0.2, 0.25) is 0 Å². The molecule has 0 saturated heterocycles. The molecular formula is C23H34N4O. The molecule has 0 unspecified atom stereocenters. The van der Waals surface area contributed by atoms with E-state index >= 15 is 0 Å². The fourth-order valence-corrected chi connectivity index (χ4v) is 3.86. The molecule has 1 aromatic carbocycles. The van der Waals surface area contributed by atoms with Gasteiger partial charge in [0, 0.05) is 55.0 Å². The quantitative estimate of drug-likeness (QED) is 0.607. The molecule has 0 saturated carbocycles. The van der Waals surface area contributed by atoms with Crippen molar-refractivity contribution >= 4 is 28.2 Å². The van der Waals surface area contributed by atoms with Gasteiger partial charge in [-0.2, -0.15) is 0 Å². The number of anilines is 1. The third kappa shape index (κ3) is 4.96. The average molecular weight is 383 g/mol. The molecule has 2 N–H and O–H groups in total. The summed E-state index contributed by atoms with van der Waals surface area (Å²) in [5.74, 6) is 0. The van der Waals surface area contributed by atoms with Gasteiger partial charge in [0.25, 0.3) is 0 Å². The Morgan fingerprint density at radius 3 is 2.82 bits per heavy atom. The molecule has 0 atom stereocenters. The maximum absolute atomic E-state index is 12.3. The summed E-state index contributed by atoms with van der Waals surface area (Å²) >= 11 is 0. The van der Waals surface area contributed by atoms with Crippen LogP contribution >= 0.6 is 0 Å². The number of hydrogen-bond acceptors (Lipinski definition) is 2. The van der Waals surface area contributed by atoms with E-state index in [0.29, 0.717) is 0 Å². The molecule has 0 bridgehead atoms. The Bertz CT molecular complexity index is 823. The summed E-state index contributed by atoms with van der Waals surface area (Å²) in [5.41, 5.74) is 4.63. The van der Waals surface area contributed by atoms with Crippen molar-refractivity contribution in [2.45, 2.75) is 46.0 Å². The van der Waals surface area contributed by atoms with E-state index in [1.165, 1.54) is 42.3 Å². The van der Waals surface area contributed by atoms with Gasteiger partial charge in [-0.1, -0.05) is 32.8 Å². The number of unbranched alkanes of at least 4 members (excludes halogenated alkanes) is 2. The number of fused-ring (bicyclic) bond motifs is 1. The lowest BCUT2D eigenvalue weighted by Crippen LogP contribution is -2.31. The van der Waals surface area contributed by atoms with E-state index in [1.807, 2.05) is 13.1 Å². The number of carbonyl (C=O) groups is 1. The second kappa shape index (κ2) is 9.78. The second-order valence-electron chi connectivity index (χ2n) is 7.80. The monoisotopic (exact) mass is 382 g/mol. The lowest BCUT2D eigenvalue weighted by molar-refractivity contribution is 0.222. The summed E-state index contributed by atoms with van der Waals surface area (Å²) in [5, 5.41) is 4.20. The highest BCUT2D eigenvalue weighted by atomic mass is 16.2. The van der Waals surface area contributed by atoms with Crippen molar-refractivity contribution in [3.63, 3.8) is 0 Å². The van der Waals surface area contributed by atoms with E-state index in [9.17, 15) is 4.79 Å². The van der Waals surface area contributed by atoms with Crippen LogP contribution in [0.25, 0.3) is 16.5 Å². The minimum absolute atomic E-state index is 0.0575. The number of aromatic nitrogens is 1. The van der Waals surface area contributed by atoms with E-state index in [2.05, 4.69) is 53.5 Å². The van der Waals surface area contributed by atoms with Crippen molar-refractivity contribution < 1.29 is 4.79 Å². The number of H-pyrrole nitrogens is 1. The van der Waals surface area contributed by atoms with Crippen LogP contribution in [0.1, 0.15) is 51.5 Å². The molecule has 2 heterocycles. The van der Waals surface area contributed by atoms with Crippen molar-refractivity contribution in [3.8, 4) is 0 Å². The van der Waals surface area contributed by atoms with Crippen molar-refractivity contribution in [3.05, 3.63) is 36.0 Å². The normalized spacial score (nSPS) is 14.9. The van der Waals surface area contributed by atoms with Gasteiger partial charge in [0.1, 0.15) is 0 Å². The smallest absolute Gasteiger partial charge is 0.321 e. The number of benzene rings is 1. The highest BCUT2D eigenvalue weighted by molar-refractivity contribution is 5.97. The SMILES string of the molecule is CCCCCN1CC=C(c2c[nH]c3ccc(NC(=O)N(C)CCC)cc23)CC1. The van der Waals surface area contributed by atoms with Crippen LogP contribution in [0.3, 0.4) is 0 Å². The molecule has 0 aliphatic carbocycles. The predicted octanol–water partition coefficient (Wildman–Crippen LogP) is 5.32. The van der Waals surface area contributed by atoms with E-state index in [0.717, 1.165) is 43.7 Å². The molecule has 5 nitrogen and oxygen atoms in total. The topological polar surface area (TPSA) is 51.4 Å². The molecule has 1 aromatic heterocycles. The summed E-state index contributed by atoms with van der Waals surface area (Å²) in [6.07, 6.45) is 10.4. The summed E-state index contributed by atoms with van der Waals surface area (Å²) < 4.78 is 0. The summed E-state index contributed by atoms with van der Waals surface area (Å²) in [6.45, 7) is 8.44. The van der Waals surface area contributed by atoms with E-state index in [-0.39, 0.29) is 6.03 Å². The van der Waals surface area contributed by atoms with Gasteiger partial charge in [-0.3, -0.25) is 4.90 Å². The summed E-state index contributed by atoms with van der Waals surface area (Å²) in [4.78, 5) is 19.9. The van der Waals surface area contributed by atoms with Gasteiger partial charge >= 0.3 is 6.03 Å². The number of nitrogens with zero attached hydrogens (tertiary/aromatic N) is 2. The molecule has 2 aromatic rings. The van der Waals surface area contributed by atoms with Crippen molar-refractivity contribution in [2.24, 2.45) is 0 Å². The summed E-state index contributed by atoms with van der Waals surface area (Å²) in [6, 6.07) is 6.05. The average Bonchev–Trinajstić information content (AvgIpc) is 3.12. The molecule has 0 spiro atoms. The molecule has 152 valence electrons. The minimum atomic E-state index is -0.0575. The lowest BCUT2D eigenvalue weighted by Gasteiger charge is -2.26. The Kier molecular flexibility index (Phi) is 7.15. The molecule has 5 heteroatoms. The largest absolute Gasteiger partial charge is 0.361 e. The zero-order valence-corrected chi connectivity index (χ0v) is 17.6. The lowest BCUT2D eigenvalue weighted by atomic mass is 9.98. The van der Waals surface area contributed by atoms with Gasteiger partial charge in [0.15, 0.2) is 0 Å². The van der Waals surface area contributed by atoms with Crippen LogP contribution in [0.15, 0.2) is 30.5 Å². The fourth-order valence-electron chi connectivity index (χ4n) is 3.86. The maximum atomic E-state index is 12.3. The number of urea groups is 1. The number of hydrogen-bond donors (Lipinski definition) is 2. The molecule has 0 fully saturated rings. The Balaban J connectivity index is 1.71. The van der Waals surface area contributed by atoms with Crippen LogP contribution < -0.4 is 5.32 Å². The fraction of sp³-hybridized carbons (Fsp3) is 0.522. The molecule has 0 radical (unpaired) electrons. The standard InChI is InChI=1S/C23H34N4O/c1-4-6-7-13-27-14-10-18(11-15-27)21-17-24-22-9-8-19(16-20(21)22)25-23(28)26(3)12-5-2/h8-10,16-17,24H,4-7,11-15H2,1-3H3,(H,25,28). The maximum Gasteiger partial charge on any atom is 0.321 e. The molecular weight excluding hydrogens is 348 g/mol. The third-order valence-corrected chi connectivity index (χ3v) is 5.56. The first-order chi connectivity index (χ1) is 13.6. The van der Waals surface area contributed by atoms with Gasteiger partial charge in [-0.25, -0.2) is 4.79 Å². The second-order valence-corrected chi connectivity index (χ2v) is 7.80. The molecule has 28 heavy (non-hydrogen) atoms. The van der Waals surface area contributed by atoms with E-state index in [4.69, 9.17) is 0 Å². The number of aromatic amines is 1. The zero-order chi connectivity index (χ0) is 19.9. The van der Waals surface area contributed by atoms with Crippen LogP contribution in [-0.2, 0) is 0 Å². The first kappa shape index (κ1) is 20.5. The van der Waals surface area contributed by atoms with Gasteiger partial charge in [-0.05, 0) is 49.6 Å². The number of amides is 2. The van der Waals surface area contributed by atoms with Crippen LogP contribution in [0.4, 0.5) is 10.5 Å². The zero-order valence-electron chi connectivity index (χ0n) is 17.6. The molecule has 1 aliphatic rings. The van der Waals surface area contributed by atoms with Gasteiger partial charge in [0.05, 0.1) is 0 Å². The third-order valence-electron chi connectivity index (χ3n) is 5.56. The van der Waals surface area contributed by atoms with Crippen molar-refractivity contribution in [1.82, 2.24) is 14.8 Å². The van der Waals surface area contributed by atoms with Crippen LogP contribution in [-0.4, -0.2) is 54.0 Å². The highest BCUT2D eigenvalue weighted by Crippen LogP contribution is 2.31. The Morgan fingerprint density at radius 1 is 1.25 bits per heavy atom. The van der Waals surface area contributed by atoms with Crippen LogP contribution in [0.5, 0.6) is 0 Å². The first-order valence-electron chi connectivity index (χ1n) is 10.7. The predicted molar refractivity (Wildman–Crippen MR) is 119 cm³/mol. The van der Waals surface area contributed by atoms with E-state index < -0.39 is 0 Å². The number of nitrogens with one attached hydrogen (secondary N) is 2. The van der Waals surface area contributed by atoms with Crippen molar-refractivity contribution in [1.29, 1.82) is 0 Å². The summed E-state index contributed by atoms with van der Waals surface area (Å²) in [7, 11) is 1.83. The number of rotatable bonds is 8. The molecule has 3 rings (SSSR count). The van der Waals surface area contributed by atoms with Crippen LogP contribution in [0, 0.1) is 0 Å². The first-order valence-corrected chi connectivity index (χ1v) is 10.7. The number of carbonyl (C=O) groups excluding carboxylic acids is 1. The van der Waals surface area contributed by atoms with Crippen molar-refractivity contribution in [2.75, 3.05) is 38.5 Å². The van der Waals surface area contributed by atoms with Gasteiger partial charge < -0.3 is 15.2 Å². The Labute approximate surface area is 168 Å². The molecule has 1 aliphatic heterocycles. The Morgan fingerprint density at radius 2 is 2.11 bits per heavy atom. The van der Waals surface area contributed by atoms with Gasteiger partial charge in [0.2, 0.25) is 0 Å².